The Hall–Kier alpha value is -5.81. The van der Waals surface area contributed by atoms with E-state index in [1.54, 1.807) is 0 Å². The van der Waals surface area contributed by atoms with Gasteiger partial charge in [-0.2, -0.15) is 4.98 Å². The third-order valence-corrected chi connectivity index (χ3v) is 14.1. The second-order valence-electron chi connectivity index (χ2n) is 21.7. The van der Waals surface area contributed by atoms with Crippen molar-refractivity contribution in [3.63, 3.8) is 0 Å². The van der Waals surface area contributed by atoms with Crippen molar-refractivity contribution in [2.45, 2.75) is 112 Å². The maximum atomic E-state index is 6.23. The van der Waals surface area contributed by atoms with Crippen molar-refractivity contribution in [3.05, 3.63) is 126 Å². The minimum absolute atomic E-state index is 0. The zero-order chi connectivity index (χ0) is 57.2. The monoisotopic (exact) mass is 1230 g/mol. The Labute approximate surface area is 506 Å². The lowest BCUT2D eigenvalue weighted by molar-refractivity contribution is -0.0761. The first-order chi connectivity index (χ1) is 38.6. The van der Waals surface area contributed by atoms with Gasteiger partial charge in [0.15, 0.2) is 0 Å². The molecule has 4 aliphatic heterocycles. The lowest BCUT2D eigenvalue weighted by Crippen LogP contribution is -2.52. The quantitative estimate of drug-likeness (QED) is 0.0686. The molecule has 4 aliphatic rings. The Morgan fingerprint density at radius 3 is 1.98 bits per heavy atom. The Morgan fingerprint density at radius 1 is 0.802 bits per heavy atom. The number of morpholine rings is 2. The minimum atomic E-state index is -0.272. The molecule has 3 aromatic heterocycles. The van der Waals surface area contributed by atoms with E-state index < -0.39 is 0 Å². The number of aliphatic imine (C=N–C) groups is 2. The number of aromatic nitrogens is 4. The zero-order valence-electron chi connectivity index (χ0n) is 50.1. The summed E-state index contributed by atoms with van der Waals surface area (Å²) in [4.78, 5) is 38.1. The lowest BCUT2D eigenvalue weighted by atomic mass is 9.82. The largest absolute Gasteiger partial charge is 0.378 e. The van der Waals surface area contributed by atoms with E-state index in [0.29, 0.717) is 51.2 Å². The maximum Gasteiger partial charge on any atom is 0.229 e. The van der Waals surface area contributed by atoms with Gasteiger partial charge in [0.1, 0.15) is 30.3 Å². The van der Waals surface area contributed by atoms with E-state index in [1.807, 2.05) is 83.4 Å². The summed E-state index contributed by atoms with van der Waals surface area (Å²) in [6.07, 6.45) is 5.27. The van der Waals surface area contributed by atoms with Crippen LogP contribution in [-0.2, 0) is 38.5 Å². The first-order valence-corrected chi connectivity index (χ1v) is 28.6. The summed E-state index contributed by atoms with van der Waals surface area (Å²) in [6, 6.07) is 25.1. The molecule has 0 spiro atoms. The number of ether oxygens (including phenoxy) is 4. The van der Waals surface area contributed by atoms with Crippen molar-refractivity contribution in [1.82, 2.24) is 30.6 Å². The van der Waals surface area contributed by atoms with E-state index >= 15 is 0 Å². The molecule has 4 N–H and O–H groups in total. The van der Waals surface area contributed by atoms with E-state index in [1.165, 1.54) is 22.5 Å². The number of hydrogen-bond acceptors (Lipinski definition) is 18. The summed E-state index contributed by atoms with van der Waals surface area (Å²) in [5.74, 6) is 3.64. The highest BCUT2D eigenvalue weighted by Crippen LogP contribution is 2.38. The second-order valence-corrected chi connectivity index (χ2v) is 21.7. The highest BCUT2D eigenvalue weighted by Gasteiger charge is 2.41. The fourth-order valence-corrected chi connectivity index (χ4v) is 10.1. The number of benzene rings is 2. The van der Waals surface area contributed by atoms with Crippen LogP contribution < -0.4 is 40.9 Å². The average Bonchev–Trinajstić information content (AvgIpc) is 3.83. The average molecular weight is 1230 g/mol. The molecule has 9 rings (SSSR count). The number of hydrogen-bond donors (Lipinski definition) is 4. The molecular weight excluding hydrogens is 1130 g/mol. The molecule has 3 fully saturated rings. The number of aryl methyl sites for hydroxylation is 2. The van der Waals surface area contributed by atoms with Crippen LogP contribution in [0.1, 0.15) is 95.6 Å². The Bertz CT molecular complexity index is 2870. The van der Waals surface area contributed by atoms with Gasteiger partial charge in [-0.3, -0.25) is 0 Å². The molecule has 1 radical (unpaired) electrons. The number of rotatable bonds is 16. The molecule has 2 aromatic carbocycles. The topological polar surface area (TPSA) is 174 Å². The van der Waals surface area contributed by atoms with Crippen molar-refractivity contribution in [2.75, 3.05) is 117 Å². The first kappa shape index (κ1) is 64.4. The SMILES string of the molecule is C=C1[CH]N=C(Nc2ccc(N3CCOCC3)c(C)c2)/N=C/N(c2cccc(CNC)n2)[C@@H]2CC(C)(C)OCC12.CC.CCN(c1cccc(CNC)n1)c1nc(Nc2ccc(N3CCOCC3)c(C)c2)ncc1CCOC(C)(C)C.I.[HH].[HH].[HH].[HH]. The van der Waals surface area contributed by atoms with Crippen molar-refractivity contribution >= 4 is 82.4 Å². The summed E-state index contributed by atoms with van der Waals surface area (Å²) in [5, 5.41) is 13.2. The molecule has 3 saturated heterocycles. The number of nitrogens with zero attached hydrogens (tertiary/aromatic N) is 10. The predicted molar refractivity (Wildman–Crippen MR) is 352 cm³/mol. The molecule has 5 aromatic rings. The van der Waals surface area contributed by atoms with Crippen molar-refractivity contribution in [1.29, 1.82) is 0 Å². The van der Waals surface area contributed by atoms with Gasteiger partial charge in [-0.1, -0.05) is 32.6 Å². The van der Waals surface area contributed by atoms with Crippen molar-refractivity contribution in [3.8, 4) is 0 Å². The van der Waals surface area contributed by atoms with E-state index in [2.05, 4.69) is 144 Å². The first-order valence-electron chi connectivity index (χ1n) is 28.6. The molecule has 0 bridgehead atoms. The van der Waals surface area contributed by atoms with Crippen LogP contribution in [-0.4, -0.2) is 136 Å². The third-order valence-electron chi connectivity index (χ3n) is 14.1. The van der Waals surface area contributed by atoms with Crippen LogP contribution in [0.5, 0.6) is 0 Å². The summed E-state index contributed by atoms with van der Waals surface area (Å²) in [6.45, 7) is 37.0. The maximum absolute atomic E-state index is 6.23. The normalized spacial score (nSPS) is 18.4. The number of nitrogens with one attached hydrogen (secondary N) is 4. The van der Waals surface area contributed by atoms with Gasteiger partial charge in [-0.25, -0.2) is 24.9 Å². The van der Waals surface area contributed by atoms with Gasteiger partial charge in [0.2, 0.25) is 11.9 Å². The molecule has 18 nitrogen and oxygen atoms in total. The number of halogens is 1. The van der Waals surface area contributed by atoms with Crippen LogP contribution >= 0.6 is 24.0 Å². The number of guanidine groups is 1. The van der Waals surface area contributed by atoms with E-state index in [9.17, 15) is 0 Å². The number of pyridine rings is 2. The van der Waals surface area contributed by atoms with Crippen LogP contribution in [0.2, 0.25) is 0 Å². The molecule has 19 heteroatoms. The third kappa shape index (κ3) is 18.3. The van der Waals surface area contributed by atoms with E-state index in [4.69, 9.17) is 43.9 Å². The lowest BCUT2D eigenvalue weighted by Gasteiger charge is -2.45. The smallest absolute Gasteiger partial charge is 0.229 e. The van der Waals surface area contributed by atoms with Crippen molar-refractivity contribution in [2.24, 2.45) is 15.9 Å². The number of anilines is 8. The van der Waals surface area contributed by atoms with E-state index in [0.717, 1.165) is 110 Å². The van der Waals surface area contributed by atoms with Gasteiger partial charge in [0, 0.05) is 104 Å². The standard InChI is InChI=1S/C30H40N7O2.C30H43N7O2.C2H6.HI.4H2/c1-21-15-23(9-10-26(21)36-11-13-38-14-12-36)35-29-32-17-22(2)25-19-39-30(3,4)16-27(25)37(20-33-29)28-8-6-7-24(34-28)18-31-5;1-7-37(27-10-8-9-25(33-27)21-31-6)28-23(13-16-39-30(3,4)5)20-32-29(35-28)34-24-11-12-26(22(2)19-24)36-14-17-38-18-15-36;1-2;;;;;/h6-10,15,17,20,25,27,31H,2,11-14,16,18-19H2,1,3-5H3,(H,32,35);8-12,19-20,31H,7,13-18,21H2,1-6H3,(H,32,34,35);1-2H3;5*1H/b33-20+;;;;;;;/t25?,27-;;;;;;;/m1......./s1. The molecule has 0 aliphatic carbocycles. The van der Waals surface area contributed by atoms with Crippen LogP contribution in [0.15, 0.2) is 101 Å². The highest BCUT2D eigenvalue weighted by atomic mass is 127. The molecule has 0 saturated carbocycles. The van der Waals surface area contributed by atoms with Crippen LogP contribution in [0.4, 0.5) is 46.2 Å². The molecule has 81 heavy (non-hydrogen) atoms. The molecular formula is C62H98IN14O4. The van der Waals surface area contributed by atoms with Gasteiger partial charge >= 0.3 is 0 Å². The van der Waals surface area contributed by atoms with Gasteiger partial charge in [-0.05, 0) is 153 Å². The van der Waals surface area contributed by atoms with Gasteiger partial charge in [-0.15, -0.1) is 24.0 Å². The predicted octanol–water partition coefficient (Wildman–Crippen LogP) is 11.8. The van der Waals surface area contributed by atoms with Gasteiger partial charge < -0.3 is 59.8 Å². The number of fused-ring (bicyclic) bond motifs is 1. The van der Waals surface area contributed by atoms with E-state index in [-0.39, 0.29) is 52.8 Å². The summed E-state index contributed by atoms with van der Waals surface area (Å²) < 4.78 is 23.3. The summed E-state index contributed by atoms with van der Waals surface area (Å²) in [5.41, 5.74) is 10.2. The summed E-state index contributed by atoms with van der Waals surface area (Å²) in [7, 11) is 3.85. The van der Waals surface area contributed by atoms with Crippen LogP contribution in [0.3, 0.4) is 0 Å². The fourth-order valence-electron chi connectivity index (χ4n) is 10.1. The second kappa shape index (κ2) is 31.0. The van der Waals surface area contributed by atoms with Gasteiger partial charge in [0.25, 0.3) is 0 Å². The highest BCUT2D eigenvalue weighted by molar-refractivity contribution is 14.0. The molecule has 7 heterocycles. The fraction of sp³-hybridized carbons (Fsp3) is 0.500. The molecule has 1 unspecified atom stereocenters. The van der Waals surface area contributed by atoms with Crippen molar-refractivity contribution < 1.29 is 24.7 Å². The molecule has 0 amide bonds. The zero-order valence-corrected chi connectivity index (χ0v) is 52.5. The Balaban J connectivity index is 0.000000533. The molecule has 2 atom stereocenters. The summed E-state index contributed by atoms with van der Waals surface area (Å²) >= 11 is 0. The molecule has 447 valence electrons. The Morgan fingerprint density at radius 2 is 1.40 bits per heavy atom. The van der Waals surface area contributed by atoms with Crippen LogP contribution in [0.25, 0.3) is 0 Å². The van der Waals surface area contributed by atoms with Gasteiger partial charge in [0.05, 0.1) is 62.2 Å². The van der Waals surface area contributed by atoms with Crippen LogP contribution in [0, 0.1) is 26.3 Å². The Kier molecular flexibility index (Phi) is 24.6. The minimum Gasteiger partial charge on any atom is -0.378 e.